The summed E-state index contributed by atoms with van der Waals surface area (Å²) in [5.74, 6) is 1.55. The quantitative estimate of drug-likeness (QED) is 0.846. The van der Waals surface area contributed by atoms with E-state index in [1.807, 2.05) is 28.8 Å². The molecular weight excluding hydrogens is 322 g/mol. The van der Waals surface area contributed by atoms with Gasteiger partial charge in [0.05, 0.1) is 36.5 Å². The summed E-state index contributed by atoms with van der Waals surface area (Å²) in [7, 11) is -3.15. The van der Waals surface area contributed by atoms with Crippen molar-refractivity contribution >= 4 is 21.6 Å². The van der Waals surface area contributed by atoms with E-state index in [1.54, 1.807) is 6.26 Å². The molecule has 7 heteroatoms. The second kappa shape index (κ2) is 6.95. The first-order valence-electron chi connectivity index (χ1n) is 7.45. The monoisotopic (exact) mass is 347 g/mol. The zero-order valence-corrected chi connectivity index (χ0v) is 15.0. The van der Waals surface area contributed by atoms with Gasteiger partial charge in [-0.1, -0.05) is 20.8 Å². The van der Waals surface area contributed by atoms with Crippen LogP contribution in [0, 0.1) is 0 Å². The van der Waals surface area contributed by atoms with Crippen molar-refractivity contribution < 1.29 is 17.9 Å². The van der Waals surface area contributed by atoms with Crippen molar-refractivity contribution in [2.75, 3.05) is 23.8 Å². The Morgan fingerprint density at radius 2 is 2.14 bits per heavy atom. The Kier molecular flexibility index (Phi) is 5.63. The fourth-order valence-corrected chi connectivity index (χ4v) is 5.36. The van der Waals surface area contributed by atoms with Crippen LogP contribution in [0.15, 0.2) is 22.8 Å². The van der Waals surface area contributed by atoms with Crippen molar-refractivity contribution in [2.24, 2.45) is 0 Å². The van der Waals surface area contributed by atoms with E-state index < -0.39 is 15.9 Å². The molecule has 2 rings (SSSR count). The van der Waals surface area contributed by atoms with Crippen LogP contribution < -0.4 is 0 Å². The van der Waals surface area contributed by atoms with Crippen molar-refractivity contribution in [2.45, 2.75) is 44.2 Å². The Morgan fingerprint density at radius 1 is 1.41 bits per heavy atom. The lowest BCUT2D eigenvalue weighted by molar-refractivity contribution is 0.0782. The van der Waals surface area contributed by atoms with Crippen LogP contribution in [0.4, 0.5) is 0 Å². The summed E-state index contributed by atoms with van der Waals surface area (Å²) >= 11 is 1.83. The second-order valence-electron chi connectivity index (χ2n) is 6.72. The van der Waals surface area contributed by atoms with E-state index in [4.69, 9.17) is 4.42 Å². The molecule has 0 radical (unpaired) electrons. The predicted octanol–water partition coefficient (Wildman–Crippen LogP) is 1.77. The van der Waals surface area contributed by atoms with Crippen LogP contribution >= 0.6 is 11.8 Å². The number of hydrogen-bond donors (Lipinski definition) is 1. The standard InChI is InChI=1S/C15H25NO4S2/c1-15(2,3)21-8-6-16(9-12-5-4-7-20-12)13-10-22(18,19)11-14(13)17/h4-5,7,13-14,17H,6,8-11H2,1-3H3/t13-,14-/m1/s1. The van der Waals surface area contributed by atoms with E-state index in [0.29, 0.717) is 6.54 Å². The van der Waals surface area contributed by atoms with Gasteiger partial charge in [0, 0.05) is 17.0 Å². The van der Waals surface area contributed by atoms with Gasteiger partial charge in [-0.15, -0.1) is 0 Å². The first-order chi connectivity index (χ1) is 10.2. The summed E-state index contributed by atoms with van der Waals surface area (Å²) in [5, 5.41) is 10.1. The summed E-state index contributed by atoms with van der Waals surface area (Å²) in [4.78, 5) is 2.03. The first kappa shape index (κ1) is 17.8. The Balaban J connectivity index is 2.04. The Morgan fingerprint density at radius 3 is 2.64 bits per heavy atom. The third kappa shape index (κ3) is 5.30. The van der Waals surface area contributed by atoms with Gasteiger partial charge in [0.25, 0.3) is 0 Å². The Bertz CT molecular complexity index is 563. The van der Waals surface area contributed by atoms with E-state index in [9.17, 15) is 13.5 Å². The number of furan rings is 1. The van der Waals surface area contributed by atoms with Gasteiger partial charge < -0.3 is 9.52 Å². The molecule has 126 valence electrons. The zero-order valence-electron chi connectivity index (χ0n) is 13.4. The molecule has 0 amide bonds. The number of aliphatic hydroxyl groups is 1. The number of hydrogen-bond acceptors (Lipinski definition) is 6. The second-order valence-corrected chi connectivity index (χ2v) is 10.8. The Labute approximate surface area is 137 Å². The molecule has 0 unspecified atom stereocenters. The van der Waals surface area contributed by atoms with E-state index in [2.05, 4.69) is 20.8 Å². The maximum atomic E-state index is 11.8. The molecule has 2 atom stereocenters. The highest BCUT2D eigenvalue weighted by atomic mass is 32.2. The van der Waals surface area contributed by atoms with Crippen molar-refractivity contribution in [3.8, 4) is 0 Å². The third-order valence-corrected chi connectivity index (χ3v) is 6.57. The molecule has 0 saturated carbocycles. The number of aliphatic hydroxyl groups excluding tert-OH is 1. The molecule has 1 saturated heterocycles. The fourth-order valence-electron chi connectivity index (χ4n) is 2.59. The normalized spacial score (nSPS) is 25.0. The highest BCUT2D eigenvalue weighted by Gasteiger charge is 2.40. The lowest BCUT2D eigenvalue weighted by Gasteiger charge is -2.30. The van der Waals surface area contributed by atoms with Gasteiger partial charge in [0.2, 0.25) is 0 Å². The van der Waals surface area contributed by atoms with Crippen LogP contribution in [-0.4, -0.2) is 59.1 Å². The van der Waals surface area contributed by atoms with Crippen LogP contribution in [0.1, 0.15) is 26.5 Å². The predicted molar refractivity (Wildman–Crippen MR) is 89.8 cm³/mol. The van der Waals surface area contributed by atoms with Crippen molar-refractivity contribution in [1.29, 1.82) is 0 Å². The van der Waals surface area contributed by atoms with Crippen molar-refractivity contribution in [3.05, 3.63) is 24.2 Å². The summed E-state index contributed by atoms with van der Waals surface area (Å²) in [6.45, 7) is 7.71. The zero-order chi connectivity index (χ0) is 16.4. The number of thioether (sulfide) groups is 1. The average Bonchev–Trinajstić information content (AvgIpc) is 2.94. The molecule has 1 aliphatic heterocycles. The van der Waals surface area contributed by atoms with Gasteiger partial charge in [0.1, 0.15) is 5.76 Å². The third-order valence-electron chi connectivity index (χ3n) is 3.62. The summed E-state index contributed by atoms with van der Waals surface area (Å²) < 4.78 is 29.1. The highest BCUT2D eigenvalue weighted by Crippen LogP contribution is 2.25. The van der Waals surface area contributed by atoms with E-state index in [1.165, 1.54) is 0 Å². The molecule has 0 aliphatic carbocycles. The van der Waals surface area contributed by atoms with Crippen LogP contribution in [0.25, 0.3) is 0 Å². The van der Waals surface area contributed by atoms with Gasteiger partial charge in [-0.25, -0.2) is 8.42 Å². The molecular formula is C15H25NO4S2. The minimum Gasteiger partial charge on any atom is -0.468 e. The van der Waals surface area contributed by atoms with E-state index >= 15 is 0 Å². The van der Waals surface area contributed by atoms with Gasteiger partial charge in [-0.2, -0.15) is 11.8 Å². The van der Waals surface area contributed by atoms with Crippen LogP contribution in [-0.2, 0) is 16.4 Å². The smallest absolute Gasteiger partial charge is 0.154 e. The van der Waals surface area contributed by atoms with Gasteiger partial charge >= 0.3 is 0 Å². The molecule has 22 heavy (non-hydrogen) atoms. The maximum Gasteiger partial charge on any atom is 0.154 e. The molecule has 1 aromatic rings. The SMILES string of the molecule is CC(C)(C)SCCN(Cc1ccco1)[C@@H]1CS(=O)(=O)C[C@H]1O. The van der Waals surface area contributed by atoms with E-state index in [0.717, 1.165) is 18.1 Å². The summed E-state index contributed by atoms with van der Waals surface area (Å²) in [6, 6.07) is 3.34. The minimum absolute atomic E-state index is 0.0229. The summed E-state index contributed by atoms with van der Waals surface area (Å²) in [6.07, 6.45) is 0.791. The number of sulfone groups is 1. The molecule has 1 aliphatic rings. The van der Waals surface area contributed by atoms with Crippen LogP contribution in [0.3, 0.4) is 0 Å². The Hall–Kier alpha value is -0.500. The largest absolute Gasteiger partial charge is 0.468 e. The molecule has 1 fully saturated rings. The van der Waals surface area contributed by atoms with Gasteiger partial charge in [-0.3, -0.25) is 4.90 Å². The van der Waals surface area contributed by atoms with Crippen molar-refractivity contribution in [3.63, 3.8) is 0 Å². The lowest BCUT2D eigenvalue weighted by atomic mass is 10.1. The molecule has 1 N–H and O–H groups in total. The van der Waals surface area contributed by atoms with Gasteiger partial charge in [-0.05, 0) is 12.1 Å². The average molecular weight is 348 g/mol. The summed E-state index contributed by atoms with van der Waals surface area (Å²) in [5.41, 5.74) is 0. The topological polar surface area (TPSA) is 70.8 Å². The molecule has 0 bridgehead atoms. The lowest BCUT2D eigenvalue weighted by Crippen LogP contribution is -2.44. The maximum absolute atomic E-state index is 11.8. The van der Waals surface area contributed by atoms with Crippen LogP contribution in [0.2, 0.25) is 0 Å². The molecule has 2 heterocycles. The number of rotatable bonds is 6. The fraction of sp³-hybridized carbons (Fsp3) is 0.733. The first-order valence-corrected chi connectivity index (χ1v) is 10.3. The molecule has 0 spiro atoms. The van der Waals surface area contributed by atoms with Gasteiger partial charge in [0.15, 0.2) is 9.84 Å². The molecule has 5 nitrogen and oxygen atoms in total. The molecule has 0 aromatic carbocycles. The van der Waals surface area contributed by atoms with Crippen molar-refractivity contribution in [1.82, 2.24) is 4.90 Å². The van der Waals surface area contributed by atoms with E-state index in [-0.39, 0.29) is 22.3 Å². The highest BCUT2D eigenvalue weighted by molar-refractivity contribution is 8.00. The van der Waals surface area contributed by atoms with Crippen LogP contribution in [0.5, 0.6) is 0 Å². The minimum atomic E-state index is -3.15. The number of nitrogens with zero attached hydrogens (tertiary/aromatic N) is 1. The molecule has 1 aromatic heterocycles.